The van der Waals surface area contributed by atoms with Gasteiger partial charge in [0.2, 0.25) is 5.89 Å². The van der Waals surface area contributed by atoms with Gasteiger partial charge in [-0.15, -0.1) is 5.10 Å². The van der Waals surface area contributed by atoms with Crippen LogP contribution in [0.15, 0.2) is 39.8 Å². The zero-order valence-electron chi connectivity index (χ0n) is 14.4. The molecule has 1 N–H and O–H groups in total. The van der Waals surface area contributed by atoms with Crippen LogP contribution >= 0.6 is 0 Å². The van der Waals surface area contributed by atoms with Crippen molar-refractivity contribution in [3.63, 3.8) is 0 Å². The van der Waals surface area contributed by atoms with Crippen LogP contribution in [0.4, 0.5) is 6.01 Å². The lowest BCUT2D eigenvalue weighted by Crippen LogP contribution is -2.17. The highest BCUT2D eigenvalue weighted by molar-refractivity contribution is 7.91. The van der Waals surface area contributed by atoms with E-state index in [4.69, 9.17) is 4.42 Å². The van der Waals surface area contributed by atoms with E-state index in [0.717, 1.165) is 5.56 Å². The molecule has 0 bridgehead atoms. The molecule has 0 spiro atoms. The van der Waals surface area contributed by atoms with Crippen LogP contribution in [-0.4, -0.2) is 40.1 Å². The van der Waals surface area contributed by atoms with Gasteiger partial charge in [0.05, 0.1) is 16.8 Å². The van der Waals surface area contributed by atoms with Crippen molar-refractivity contribution in [2.75, 3.05) is 11.1 Å². The van der Waals surface area contributed by atoms with E-state index in [1.54, 1.807) is 39.2 Å². The monoisotopic (exact) mass is 375 g/mol. The second-order valence-corrected chi connectivity index (χ2v) is 7.87. The summed E-state index contributed by atoms with van der Waals surface area (Å²) in [6, 6.07) is 6.06. The molecule has 0 fully saturated rings. The highest BCUT2D eigenvalue weighted by Crippen LogP contribution is 2.22. The maximum absolute atomic E-state index is 12.3. The van der Waals surface area contributed by atoms with Crippen molar-refractivity contribution in [1.29, 1.82) is 0 Å². The largest absolute Gasteiger partial charge is 0.403 e. The number of anilines is 1. The van der Waals surface area contributed by atoms with Crippen molar-refractivity contribution < 1.29 is 17.6 Å². The minimum absolute atomic E-state index is 0.0243. The van der Waals surface area contributed by atoms with E-state index in [1.807, 2.05) is 0 Å². The minimum atomic E-state index is -3.27. The summed E-state index contributed by atoms with van der Waals surface area (Å²) in [6.45, 7) is 3.35. The number of amides is 1. The number of nitrogens with zero attached hydrogens (tertiary/aromatic N) is 4. The van der Waals surface area contributed by atoms with Gasteiger partial charge in [-0.1, -0.05) is 12.0 Å². The first-order valence-electron chi connectivity index (χ1n) is 7.78. The number of aryl methyl sites for hydroxylation is 2. The molecule has 0 saturated heterocycles. The van der Waals surface area contributed by atoms with Crippen LogP contribution in [0, 0.1) is 6.92 Å². The summed E-state index contributed by atoms with van der Waals surface area (Å²) in [5.41, 5.74) is 1.65. The molecule has 1 amide bonds. The zero-order valence-corrected chi connectivity index (χ0v) is 15.2. The molecule has 10 heteroatoms. The molecule has 0 saturated carbocycles. The first kappa shape index (κ1) is 17.8. The molecule has 0 unspecified atom stereocenters. The first-order valence-corrected chi connectivity index (χ1v) is 9.43. The topological polar surface area (TPSA) is 120 Å². The summed E-state index contributed by atoms with van der Waals surface area (Å²) in [4.78, 5) is 12.5. The third-order valence-electron chi connectivity index (χ3n) is 3.82. The van der Waals surface area contributed by atoms with Gasteiger partial charge < -0.3 is 4.42 Å². The van der Waals surface area contributed by atoms with E-state index in [0.29, 0.717) is 11.3 Å². The van der Waals surface area contributed by atoms with E-state index in [-0.39, 0.29) is 22.6 Å². The molecular formula is C16H17N5O4S. The number of nitrogens with one attached hydrogen (secondary N) is 1. The summed E-state index contributed by atoms with van der Waals surface area (Å²) < 4.78 is 30.6. The normalized spacial score (nSPS) is 11.5. The Kier molecular flexibility index (Phi) is 4.60. The molecule has 26 heavy (non-hydrogen) atoms. The molecule has 3 aromatic rings. The second kappa shape index (κ2) is 6.71. The third-order valence-corrected chi connectivity index (χ3v) is 5.57. The van der Waals surface area contributed by atoms with Crippen LogP contribution in [0.1, 0.15) is 23.0 Å². The number of sulfone groups is 1. The lowest BCUT2D eigenvalue weighted by atomic mass is 10.2. The van der Waals surface area contributed by atoms with Crippen molar-refractivity contribution in [2.24, 2.45) is 7.05 Å². The third kappa shape index (κ3) is 3.36. The van der Waals surface area contributed by atoms with Gasteiger partial charge in [-0.2, -0.15) is 5.10 Å². The molecule has 3 rings (SSSR count). The standard InChI is InChI=1S/C16H17N5O4S/c1-4-26(23,24)12-7-5-11(6-8-12)15-19-20-16(25-15)18-14(22)13-10(2)9-17-21(13)3/h5-9H,4H2,1-3H3,(H,18,20,22). The highest BCUT2D eigenvalue weighted by Gasteiger charge is 2.18. The van der Waals surface area contributed by atoms with Gasteiger partial charge in [-0.25, -0.2) is 8.42 Å². The fourth-order valence-corrected chi connectivity index (χ4v) is 3.28. The van der Waals surface area contributed by atoms with Gasteiger partial charge >= 0.3 is 6.01 Å². The van der Waals surface area contributed by atoms with E-state index in [1.165, 1.54) is 16.8 Å². The second-order valence-electron chi connectivity index (χ2n) is 5.59. The van der Waals surface area contributed by atoms with Crippen LogP contribution in [0.3, 0.4) is 0 Å². The molecule has 2 aromatic heterocycles. The summed E-state index contributed by atoms with van der Waals surface area (Å²) in [5, 5.41) is 14.2. The number of hydrogen-bond acceptors (Lipinski definition) is 7. The van der Waals surface area contributed by atoms with Crippen LogP contribution in [0.25, 0.3) is 11.5 Å². The highest BCUT2D eigenvalue weighted by atomic mass is 32.2. The molecule has 0 aliphatic carbocycles. The Hall–Kier alpha value is -3.01. The maximum Gasteiger partial charge on any atom is 0.322 e. The van der Waals surface area contributed by atoms with Gasteiger partial charge in [-0.05, 0) is 36.8 Å². The minimum Gasteiger partial charge on any atom is -0.403 e. The van der Waals surface area contributed by atoms with Crippen molar-refractivity contribution in [1.82, 2.24) is 20.0 Å². The summed E-state index contributed by atoms with van der Waals surface area (Å²) >= 11 is 0. The van der Waals surface area contributed by atoms with Crippen LogP contribution in [0.5, 0.6) is 0 Å². The lowest BCUT2D eigenvalue weighted by Gasteiger charge is -2.02. The molecule has 0 aliphatic heterocycles. The molecule has 9 nitrogen and oxygen atoms in total. The van der Waals surface area contributed by atoms with Gasteiger partial charge in [0, 0.05) is 12.6 Å². The average molecular weight is 375 g/mol. The van der Waals surface area contributed by atoms with Crippen molar-refractivity contribution >= 4 is 21.8 Å². The average Bonchev–Trinajstić information content (AvgIpc) is 3.21. The Morgan fingerprint density at radius 1 is 1.23 bits per heavy atom. The van der Waals surface area contributed by atoms with Crippen LogP contribution in [-0.2, 0) is 16.9 Å². The quantitative estimate of drug-likeness (QED) is 0.722. The molecule has 0 atom stereocenters. The van der Waals surface area contributed by atoms with Gasteiger partial charge in [0.15, 0.2) is 9.84 Å². The Labute approximate surface area is 150 Å². The van der Waals surface area contributed by atoms with Gasteiger partial charge in [0.1, 0.15) is 5.69 Å². The molecule has 0 aliphatic rings. The van der Waals surface area contributed by atoms with Crippen molar-refractivity contribution in [3.8, 4) is 11.5 Å². The predicted octanol–water partition coefficient (Wildman–Crippen LogP) is 1.82. The van der Waals surface area contributed by atoms with Crippen molar-refractivity contribution in [2.45, 2.75) is 18.7 Å². The van der Waals surface area contributed by atoms with Gasteiger partial charge in [-0.3, -0.25) is 14.8 Å². The fraction of sp³-hybridized carbons (Fsp3) is 0.250. The summed E-state index contributed by atoms with van der Waals surface area (Å²) in [7, 11) is -1.61. The van der Waals surface area contributed by atoms with Crippen LogP contribution in [0.2, 0.25) is 0 Å². The zero-order chi connectivity index (χ0) is 18.9. The maximum atomic E-state index is 12.3. The van der Waals surface area contributed by atoms with E-state index >= 15 is 0 Å². The number of rotatable bonds is 5. The smallest absolute Gasteiger partial charge is 0.322 e. The Balaban J connectivity index is 1.79. The summed E-state index contributed by atoms with van der Waals surface area (Å²) in [5.74, 6) is -0.221. The Bertz CT molecular complexity index is 1030. The van der Waals surface area contributed by atoms with Gasteiger partial charge in [0.25, 0.3) is 5.91 Å². The molecular weight excluding hydrogens is 358 g/mol. The van der Waals surface area contributed by atoms with E-state index in [2.05, 4.69) is 20.6 Å². The summed E-state index contributed by atoms with van der Waals surface area (Å²) in [6.07, 6.45) is 1.58. The number of carbonyl (C=O) groups excluding carboxylic acids is 1. The number of hydrogen-bond donors (Lipinski definition) is 1. The lowest BCUT2D eigenvalue weighted by molar-refractivity contribution is 0.101. The van der Waals surface area contributed by atoms with E-state index < -0.39 is 15.7 Å². The Morgan fingerprint density at radius 3 is 2.50 bits per heavy atom. The van der Waals surface area contributed by atoms with Crippen molar-refractivity contribution in [3.05, 3.63) is 41.7 Å². The number of carbonyl (C=O) groups is 1. The molecule has 2 heterocycles. The van der Waals surface area contributed by atoms with E-state index in [9.17, 15) is 13.2 Å². The number of aromatic nitrogens is 4. The SMILES string of the molecule is CCS(=O)(=O)c1ccc(-c2nnc(NC(=O)c3c(C)cnn3C)o2)cc1. The molecule has 1 aromatic carbocycles. The predicted molar refractivity (Wildman–Crippen MR) is 93.4 cm³/mol. The number of benzene rings is 1. The molecule has 0 radical (unpaired) electrons. The Morgan fingerprint density at radius 2 is 1.92 bits per heavy atom. The van der Waals surface area contributed by atoms with Crippen LogP contribution < -0.4 is 5.32 Å². The first-order chi connectivity index (χ1) is 12.3. The fourth-order valence-electron chi connectivity index (χ4n) is 2.39. The molecule has 136 valence electrons.